The molecule has 0 aromatic heterocycles. The van der Waals surface area contributed by atoms with E-state index in [1.165, 1.54) is 0 Å². The highest BCUT2D eigenvalue weighted by Crippen LogP contribution is 2.23. The third-order valence-electron chi connectivity index (χ3n) is 2.05. The van der Waals surface area contributed by atoms with Gasteiger partial charge >= 0.3 is 0 Å². The molecule has 58 valence electrons. The number of carbonyl (C=O) groups excluding carboxylic acids is 1. The van der Waals surface area contributed by atoms with Gasteiger partial charge in [-0.15, -0.1) is 0 Å². The molecule has 1 aliphatic rings. The molecule has 3 nitrogen and oxygen atoms in total. The fourth-order valence-electron chi connectivity index (χ4n) is 1.42. The minimum absolute atomic E-state index is 0.0799. The number of amides is 1. The second-order valence-corrected chi connectivity index (χ2v) is 2.92. The number of primary amides is 1. The maximum absolute atomic E-state index is 10.6. The normalized spacial score (nSPS) is 33.7. The van der Waals surface area contributed by atoms with Gasteiger partial charge in [0.1, 0.15) is 0 Å². The van der Waals surface area contributed by atoms with Crippen LogP contribution in [0.2, 0.25) is 0 Å². The first kappa shape index (κ1) is 7.54. The second-order valence-electron chi connectivity index (χ2n) is 2.92. The molecule has 10 heavy (non-hydrogen) atoms. The van der Waals surface area contributed by atoms with Crippen LogP contribution in [0.1, 0.15) is 25.7 Å². The first-order valence-corrected chi connectivity index (χ1v) is 3.67. The highest BCUT2D eigenvalue weighted by molar-refractivity contribution is 5.76. The van der Waals surface area contributed by atoms with Gasteiger partial charge in [-0.1, -0.05) is 6.42 Å². The Bertz CT molecular complexity index is 136. The molecule has 1 saturated carbocycles. The maximum Gasteiger partial charge on any atom is 0.220 e. The predicted octanol–water partition coefficient (Wildman–Crippen LogP) is 0.0228. The minimum atomic E-state index is -0.300. The van der Waals surface area contributed by atoms with Crippen LogP contribution in [-0.2, 0) is 4.79 Å². The van der Waals surface area contributed by atoms with Gasteiger partial charge in [0.2, 0.25) is 5.91 Å². The van der Waals surface area contributed by atoms with Gasteiger partial charge < -0.3 is 10.8 Å². The van der Waals surface area contributed by atoms with Crippen molar-refractivity contribution in [1.29, 1.82) is 0 Å². The van der Waals surface area contributed by atoms with Crippen LogP contribution >= 0.6 is 0 Å². The van der Waals surface area contributed by atoms with E-state index in [4.69, 9.17) is 10.8 Å². The molecule has 0 aromatic carbocycles. The van der Waals surface area contributed by atoms with Crippen LogP contribution in [0.25, 0.3) is 0 Å². The molecule has 0 spiro atoms. The first-order valence-electron chi connectivity index (χ1n) is 3.67. The molecule has 1 rings (SSSR count). The van der Waals surface area contributed by atoms with Gasteiger partial charge in [0.25, 0.3) is 0 Å². The van der Waals surface area contributed by atoms with E-state index in [0.717, 1.165) is 19.3 Å². The van der Waals surface area contributed by atoms with Crippen molar-refractivity contribution in [2.45, 2.75) is 31.8 Å². The van der Waals surface area contributed by atoms with Gasteiger partial charge in [-0.3, -0.25) is 4.79 Å². The number of hydrogen-bond donors (Lipinski definition) is 2. The lowest BCUT2D eigenvalue weighted by Crippen LogP contribution is -2.30. The molecule has 3 heteroatoms. The van der Waals surface area contributed by atoms with Crippen molar-refractivity contribution in [1.82, 2.24) is 0 Å². The monoisotopic (exact) mass is 143 g/mol. The van der Waals surface area contributed by atoms with Crippen LogP contribution in [0, 0.1) is 5.92 Å². The molecule has 0 saturated heterocycles. The number of rotatable bonds is 1. The number of carbonyl (C=O) groups is 1. The molecule has 2 atom stereocenters. The molecule has 0 aliphatic heterocycles. The van der Waals surface area contributed by atoms with Gasteiger partial charge in [-0.25, -0.2) is 0 Å². The van der Waals surface area contributed by atoms with Crippen LogP contribution in [0.3, 0.4) is 0 Å². The van der Waals surface area contributed by atoms with E-state index in [1.807, 2.05) is 0 Å². The van der Waals surface area contributed by atoms with Crippen molar-refractivity contribution in [3.05, 3.63) is 0 Å². The zero-order valence-corrected chi connectivity index (χ0v) is 5.92. The lowest BCUT2D eigenvalue weighted by molar-refractivity contribution is -0.123. The molecule has 0 bridgehead atoms. The smallest absolute Gasteiger partial charge is 0.220 e. The minimum Gasteiger partial charge on any atom is -0.393 e. The summed E-state index contributed by atoms with van der Waals surface area (Å²) < 4.78 is 0. The topological polar surface area (TPSA) is 63.3 Å². The van der Waals surface area contributed by atoms with E-state index in [1.54, 1.807) is 0 Å². The third kappa shape index (κ3) is 1.70. The van der Waals surface area contributed by atoms with Crippen LogP contribution in [0.15, 0.2) is 0 Å². The van der Waals surface area contributed by atoms with E-state index in [0.29, 0.717) is 6.42 Å². The zero-order chi connectivity index (χ0) is 7.56. The SMILES string of the molecule is NC(=O)[C@@H]1CCC[C@@H](O)C1. The van der Waals surface area contributed by atoms with Gasteiger partial charge in [0, 0.05) is 5.92 Å². The van der Waals surface area contributed by atoms with Gasteiger partial charge in [0.05, 0.1) is 6.10 Å². The van der Waals surface area contributed by atoms with Gasteiger partial charge in [0.15, 0.2) is 0 Å². The fraction of sp³-hybridized carbons (Fsp3) is 0.857. The van der Waals surface area contributed by atoms with E-state index >= 15 is 0 Å². The summed E-state index contributed by atoms with van der Waals surface area (Å²) in [6.07, 6.45) is 2.87. The maximum atomic E-state index is 10.6. The van der Waals surface area contributed by atoms with Crippen molar-refractivity contribution >= 4 is 5.91 Å². The molecule has 0 radical (unpaired) electrons. The van der Waals surface area contributed by atoms with Crippen molar-refractivity contribution in [2.24, 2.45) is 11.7 Å². The Kier molecular flexibility index (Phi) is 2.27. The summed E-state index contributed by atoms with van der Waals surface area (Å²) in [5.74, 6) is -0.345. The Hall–Kier alpha value is -0.570. The molecular weight excluding hydrogens is 130 g/mol. The Labute approximate surface area is 60.2 Å². The summed E-state index contributed by atoms with van der Waals surface area (Å²) in [5, 5.41) is 9.12. The van der Waals surface area contributed by atoms with Crippen LogP contribution in [0.5, 0.6) is 0 Å². The summed E-state index contributed by atoms with van der Waals surface area (Å²) >= 11 is 0. The van der Waals surface area contributed by atoms with Crippen LogP contribution < -0.4 is 5.73 Å². The first-order chi connectivity index (χ1) is 4.70. The van der Waals surface area contributed by atoms with Crippen LogP contribution in [-0.4, -0.2) is 17.1 Å². The Morgan fingerprint density at radius 2 is 2.20 bits per heavy atom. The Morgan fingerprint density at radius 1 is 1.50 bits per heavy atom. The molecule has 0 aromatic rings. The molecule has 3 N–H and O–H groups in total. The lowest BCUT2D eigenvalue weighted by Gasteiger charge is -2.22. The molecule has 1 fully saturated rings. The Balaban J connectivity index is 2.39. The zero-order valence-electron chi connectivity index (χ0n) is 5.92. The summed E-state index contributed by atoms with van der Waals surface area (Å²) in [4.78, 5) is 10.6. The summed E-state index contributed by atoms with van der Waals surface area (Å²) in [6.45, 7) is 0. The van der Waals surface area contributed by atoms with Crippen molar-refractivity contribution in [3.8, 4) is 0 Å². The number of aliphatic hydroxyl groups excluding tert-OH is 1. The van der Waals surface area contributed by atoms with Gasteiger partial charge in [-0.05, 0) is 19.3 Å². The van der Waals surface area contributed by atoms with E-state index in [-0.39, 0.29) is 17.9 Å². The Morgan fingerprint density at radius 3 is 2.60 bits per heavy atom. The van der Waals surface area contributed by atoms with E-state index < -0.39 is 0 Å². The highest BCUT2D eigenvalue weighted by Gasteiger charge is 2.23. The summed E-state index contributed by atoms with van der Waals surface area (Å²) in [6, 6.07) is 0. The average Bonchev–Trinajstić information content (AvgIpc) is 1.88. The number of hydrogen-bond acceptors (Lipinski definition) is 2. The molecule has 0 unspecified atom stereocenters. The average molecular weight is 143 g/mol. The number of aliphatic hydroxyl groups is 1. The molecular formula is C7H13NO2. The van der Waals surface area contributed by atoms with Gasteiger partial charge in [-0.2, -0.15) is 0 Å². The second kappa shape index (κ2) is 3.01. The van der Waals surface area contributed by atoms with Crippen molar-refractivity contribution < 1.29 is 9.90 Å². The predicted molar refractivity (Wildman–Crippen MR) is 37.2 cm³/mol. The summed E-state index contributed by atoms with van der Waals surface area (Å²) in [7, 11) is 0. The fourth-order valence-corrected chi connectivity index (χ4v) is 1.42. The number of nitrogens with two attached hydrogens (primary N) is 1. The largest absolute Gasteiger partial charge is 0.393 e. The van der Waals surface area contributed by atoms with E-state index in [2.05, 4.69) is 0 Å². The van der Waals surface area contributed by atoms with Crippen LogP contribution in [0.4, 0.5) is 0 Å². The third-order valence-corrected chi connectivity index (χ3v) is 2.05. The van der Waals surface area contributed by atoms with Crippen molar-refractivity contribution in [3.63, 3.8) is 0 Å². The quantitative estimate of drug-likeness (QED) is 0.543. The lowest BCUT2D eigenvalue weighted by atomic mass is 9.87. The molecule has 1 amide bonds. The molecule has 1 aliphatic carbocycles. The highest BCUT2D eigenvalue weighted by atomic mass is 16.3. The molecule has 0 heterocycles. The summed E-state index contributed by atoms with van der Waals surface area (Å²) in [5.41, 5.74) is 5.08. The standard InChI is InChI=1S/C7H13NO2/c8-7(10)5-2-1-3-6(9)4-5/h5-6,9H,1-4H2,(H2,8,10)/t5-,6-/m1/s1. The van der Waals surface area contributed by atoms with E-state index in [9.17, 15) is 4.79 Å². The van der Waals surface area contributed by atoms with Crippen molar-refractivity contribution in [2.75, 3.05) is 0 Å².